The first kappa shape index (κ1) is 22.4. The Morgan fingerprint density at radius 1 is 1.33 bits per heavy atom. The summed E-state index contributed by atoms with van der Waals surface area (Å²) in [7, 11) is 2.92. The van der Waals surface area contributed by atoms with E-state index in [1.54, 1.807) is 13.1 Å². The summed E-state index contributed by atoms with van der Waals surface area (Å²) in [6.45, 7) is 1.38. The van der Waals surface area contributed by atoms with E-state index >= 15 is 0 Å². The van der Waals surface area contributed by atoms with Crippen molar-refractivity contribution in [1.29, 1.82) is 0 Å². The molecule has 1 atom stereocenters. The van der Waals surface area contributed by atoms with Gasteiger partial charge in [-0.25, -0.2) is 0 Å². The van der Waals surface area contributed by atoms with Crippen LogP contribution in [0.4, 0.5) is 8.78 Å². The van der Waals surface area contributed by atoms with Crippen molar-refractivity contribution in [3.05, 3.63) is 23.8 Å². The first-order chi connectivity index (χ1) is 10.8. The van der Waals surface area contributed by atoms with Crippen LogP contribution in [0.3, 0.4) is 0 Å². The summed E-state index contributed by atoms with van der Waals surface area (Å²) < 4.78 is 34.7. The number of carbonyl (C=O) groups is 1. The second-order valence-corrected chi connectivity index (χ2v) is 5.64. The molecule has 0 aromatic heterocycles. The molecule has 0 spiro atoms. The maximum Gasteiger partial charge on any atom is 0.387 e. The molecule has 1 aromatic carbocycles. The lowest BCUT2D eigenvalue weighted by Crippen LogP contribution is -2.34. The van der Waals surface area contributed by atoms with Crippen LogP contribution >= 0.6 is 12.4 Å². The molecule has 0 radical (unpaired) electrons. The topological polar surface area (TPSA) is 64.8 Å². The van der Waals surface area contributed by atoms with E-state index in [4.69, 9.17) is 10.5 Å². The zero-order valence-corrected chi connectivity index (χ0v) is 15.1. The second-order valence-electron chi connectivity index (χ2n) is 5.64. The monoisotopic (exact) mass is 366 g/mol. The standard InChI is InChI=1S/C16H24F2N2O3.ClH/c1-10(2)12(19)8-9-20(3)15(21)11-6-5-7-13(22-4)14(11)23-16(17)18;/h5-7,10,12,16H,8-9,19H2,1-4H3;1H. The first-order valence-electron chi connectivity index (χ1n) is 7.40. The van der Waals surface area contributed by atoms with Gasteiger partial charge in [-0.3, -0.25) is 4.79 Å². The van der Waals surface area contributed by atoms with Gasteiger partial charge < -0.3 is 20.1 Å². The lowest BCUT2D eigenvalue weighted by molar-refractivity contribution is -0.0516. The highest BCUT2D eigenvalue weighted by atomic mass is 35.5. The largest absolute Gasteiger partial charge is 0.493 e. The zero-order valence-electron chi connectivity index (χ0n) is 14.3. The summed E-state index contributed by atoms with van der Waals surface area (Å²) in [5.41, 5.74) is 6.00. The van der Waals surface area contributed by atoms with E-state index < -0.39 is 12.5 Å². The van der Waals surface area contributed by atoms with Crippen molar-refractivity contribution in [2.24, 2.45) is 11.7 Å². The van der Waals surface area contributed by atoms with Crippen LogP contribution in [0.15, 0.2) is 18.2 Å². The molecule has 1 aromatic rings. The number of para-hydroxylation sites is 1. The number of benzene rings is 1. The van der Waals surface area contributed by atoms with Crippen molar-refractivity contribution in [2.45, 2.75) is 32.9 Å². The maximum atomic E-state index is 12.6. The summed E-state index contributed by atoms with van der Waals surface area (Å²) in [5.74, 6) is -0.290. The fourth-order valence-electron chi connectivity index (χ4n) is 2.04. The molecule has 1 rings (SSSR count). The summed E-state index contributed by atoms with van der Waals surface area (Å²) in [6.07, 6.45) is 0.620. The van der Waals surface area contributed by atoms with Crippen LogP contribution in [0.1, 0.15) is 30.6 Å². The minimum Gasteiger partial charge on any atom is -0.493 e. The van der Waals surface area contributed by atoms with Gasteiger partial charge in [0, 0.05) is 19.6 Å². The van der Waals surface area contributed by atoms with E-state index in [9.17, 15) is 13.6 Å². The summed E-state index contributed by atoms with van der Waals surface area (Å²) in [5, 5.41) is 0. The number of nitrogens with zero attached hydrogens (tertiary/aromatic N) is 1. The zero-order chi connectivity index (χ0) is 17.6. The molecule has 24 heavy (non-hydrogen) atoms. The van der Waals surface area contributed by atoms with Crippen LogP contribution < -0.4 is 15.2 Å². The van der Waals surface area contributed by atoms with Gasteiger partial charge in [0.2, 0.25) is 0 Å². The van der Waals surface area contributed by atoms with Crippen molar-refractivity contribution >= 4 is 18.3 Å². The van der Waals surface area contributed by atoms with Crippen LogP contribution in [0.5, 0.6) is 11.5 Å². The number of nitrogens with two attached hydrogens (primary N) is 1. The van der Waals surface area contributed by atoms with E-state index in [-0.39, 0.29) is 35.5 Å². The van der Waals surface area contributed by atoms with Crippen molar-refractivity contribution in [3.63, 3.8) is 0 Å². The van der Waals surface area contributed by atoms with E-state index in [2.05, 4.69) is 4.74 Å². The Morgan fingerprint density at radius 3 is 2.46 bits per heavy atom. The third kappa shape index (κ3) is 6.13. The van der Waals surface area contributed by atoms with Crippen molar-refractivity contribution in [1.82, 2.24) is 4.90 Å². The van der Waals surface area contributed by atoms with Crippen molar-refractivity contribution < 1.29 is 23.0 Å². The number of hydrogen-bond acceptors (Lipinski definition) is 4. The predicted octanol–water partition coefficient (Wildman–Crippen LogP) is 3.16. The average Bonchev–Trinajstić information content (AvgIpc) is 2.50. The number of methoxy groups -OCH3 is 1. The molecule has 0 aliphatic heterocycles. The number of halogens is 3. The molecule has 0 aliphatic carbocycles. The Labute approximate surface area is 147 Å². The molecule has 138 valence electrons. The molecule has 2 N–H and O–H groups in total. The minimum atomic E-state index is -3.04. The van der Waals surface area contributed by atoms with Crippen LogP contribution in [0.25, 0.3) is 0 Å². The highest BCUT2D eigenvalue weighted by Crippen LogP contribution is 2.33. The van der Waals surface area contributed by atoms with Crippen LogP contribution in [0, 0.1) is 5.92 Å². The maximum absolute atomic E-state index is 12.6. The molecule has 1 amide bonds. The number of carbonyl (C=O) groups excluding carboxylic acids is 1. The van der Waals surface area contributed by atoms with Gasteiger partial charge in [-0.1, -0.05) is 19.9 Å². The molecule has 0 saturated carbocycles. The Kier molecular flexibility index (Phi) is 9.62. The summed E-state index contributed by atoms with van der Waals surface area (Å²) in [4.78, 5) is 13.9. The van der Waals surface area contributed by atoms with Gasteiger partial charge in [-0.2, -0.15) is 8.78 Å². The van der Waals surface area contributed by atoms with Gasteiger partial charge in [0.15, 0.2) is 11.5 Å². The molecular formula is C16H25ClF2N2O3. The summed E-state index contributed by atoms with van der Waals surface area (Å²) in [6, 6.07) is 4.41. The Morgan fingerprint density at radius 2 is 1.96 bits per heavy atom. The van der Waals surface area contributed by atoms with Gasteiger partial charge in [0.25, 0.3) is 5.91 Å². The predicted molar refractivity (Wildman–Crippen MR) is 91.3 cm³/mol. The number of hydrogen-bond donors (Lipinski definition) is 1. The van der Waals surface area contributed by atoms with Gasteiger partial charge in [0.05, 0.1) is 12.7 Å². The fourth-order valence-corrected chi connectivity index (χ4v) is 2.04. The first-order valence-corrected chi connectivity index (χ1v) is 7.40. The highest BCUT2D eigenvalue weighted by molar-refractivity contribution is 5.97. The van der Waals surface area contributed by atoms with Crippen LogP contribution in [-0.2, 0) is 0 Å². The van der Waals surface area contributed by atoms with Crippen LogP contribution in [-0.4, -0.2) is 44.2 Å². The van der Waals surface area contributed by atoms with Crippen molar-refractivity contribution in [2.75, 3.05) is 20.7 Å². The Bertz CT molecular complexity index is 530. The molecule has 0 fully saturated rings. The number of amides is 1. The Balaban J connectivity index is 0.00000529. The lowest BCUT2D eigenvalue weighted by atomic mass is 10.0. The minimum absolute atomic E-state index is 0. The van der Waals surface area contributed by atoms with E-state index in [1.807, 2.05) is 13.8 Å². The van der Waals surface area contributed by atoms with Gasteiger partial charge in [-0.05, 0) is 24.5 Å². The number of alkyl halides is 2. The number of rotatable bonds is 8. The van der Waals surface area contributed by atoms with Gasteiger partial charge in [0.1, 0.15) is 0 Å². The van der Waals surface area contributed by atoms with E-state index in [0.29, 0.717) is 18.9 Å². The SMILES string of the molecule is COc1cccc(C(=O)N(C)CCC(N)C(C)C)c1OC(F)F.Cl. The van der Waals surface area contributed by atoms with E-state index in [1.165, 1.54) is 24.1 Å². The molecule has 0 bridgehead atoms. The smallest absolute Gasteiger partial charge is 0.387 e. The fraction of sp³-hybridized carbons (Fsp3) is 0.562. The molecule has 0 aliphatic rings. The third-order valence-electron chi connectivity index (χ3n) is 3.64. The average molecular weight is 367 g/mol. The van der Waals surface area contributed by atoms with Gasteiger partial charge >= 0.3 is 6.61 Å². The number of ether oxygens (including phenoxy) is 2. The second kappa shape index (κ2) is 10.3. The Hall–Kier alpha value is -1.60. The normalized spacial score (nSPS) is 11.9. The quantitative estimate of drug-likeness (QED) is 0.767. The lowest BCUT2D eigenvalue weighted by Gasteiger charge is -2.23. The highest BCUT2D eigenvalue weighted by Gasteiger charge is 2.23. The molecule has 0 saturated heterocycles. The van der Waals surface area contributed by atoms with Crippen molar-refractivity contribution in [3.8, 4) is 11.5 Å². The molecule has 0 heterocycles. The van der Waals surface area contributed by atoms with Crippen LogP contribution in [0.2, 0.25) is 0 Å². The van der Waals surface area contributed by atoms with Gasteiger partial charge in [-0.15, -0.1) is 12.4 Å². The summed E-state index contributed by atoms with van der Waals surface area (Å²) >= 11 is 0. The molecular weight excluding hydrogens is 342 g/mol. The molecule has 1 unspecified atom stereocenters. The third-order valence-corrected chi connectivity index (χ3v) is 3.64. The molecule has 5 nitrogen and oxygen atoms in total. The van der Waals surface area contributed by atoms with E-state index in [0.717, 1.165) is 0 Å². The molecule has 8 heteroatoms.